The van der Waals surface area contributed by atoms with Gasteiger partial charge in [0.15, 0.2) is 18.7 Å². The van der Waals surface area contributed by atoms with Gasteiger partial charge in [-0.3, -0.25) is 0 Å². The van der Waals surface area contributed by atoms with Crippen LogP contribution in [0.4, 0.5) is 0 Å². The van der Waals surface area contributed by atoms with Crippen molar-refractivity contribution in [1.29, 1.82) is 0 Å². The molecule has 11 rings (SSSR count). The zero-order valence-electron chi connectivity index (χ0n) is 61.3. The number of esters is 2. The second kappa shape index (κ2) is 36.5. The Bertz CT molecular complexity index is 3850. The molecular weight excluding hydrogens is 1420 g/mol. The molecule has 0 aliphatic carbocycles. The number of benzene rings is 6. The monoisotopic (exact) mass is 1510 g/mol. The van der Waals surface area contributed by atoms with Gasteiger partial charge in [0.25, 0.3) is 8.32 Å². The predicted octanol–water partition coefficient (Wildman–Crippen LogP) is 10.4. The van der Waals surface area contributed by atoms with Crippen molar-refractivity contribution in [2.45, 2.75) is 190 Å². The number of hydrogen-bond donors (Lipinski definition) is 0. The van der Waals surface area contributed by atoms with Crippen LogP contribution in [0.5, 0.6) is 0 Å². The molecule has 5 heterocycles. The summed E-state index contributed by atoms with van der Waals surface area (Å²) in [7, 11) is 4.74. The van der Waals surface area contributed by atoms with Crippen LogP contribution < -0.4 is 20.7 Å². The average Bonchev–Trinajstić information content (AvgIpc) is 0.802. The minimum absolute atomic E-state index is 0.0243. The van der Waals surface area contributed by atoms with Crippen molar-refractivity contribution in [3.05, 3.63) is 214 Å². The summed E-state index contributed by atoms with van der Waals surface area (Å²) in [5.74, 6) is -3.10. The number of nitrogens with zero attached hydrogens (tertiary/aromatic N) is 6. The van der Waals surface area contributed by atoms with Crippen molar-refractivity contribution in [3.8, 4) is 0 Å². The van der Waals surface area contributed by atoms with E-state index in [1.165, 1.54) is 13.8 Å². The summed E-state index contributed by atoms with van der Waals surface area (Å²) < 4.78 is 110. The van der Waals surface area contributed by atoms with E-state index in [2.05, 4.69) is 110 Å². The van der Waals surface area contributed by atoms with Crippen molar-refractivity contribution in [1.82, 2.24) is 0 Å². The predicted molar refractivity (Wildman–Crippen MR) is 411 cm³/mol. The maximum atomic E-state index is 13.8. The van der Waals surface area contributed by atoms with Crippen LogP contribution in [0.25, 0.3) is 20.9 Å². The van der Waals surface area contributed by atoms with E-state index in [9.17, 15) is 25.4 Å². The maximum absolute atomic E-state index is 13.8. The fraction of sp³-hybridized carbons (Fsp3) is 0.493. The molecule has 23 nitrogen and oxygen atoms in total. The van der Waals surface area contributed by atoms with Gasteiger partial charge >= 0.3 is 322 Å². The van der Waals surface area contributed by atoms with Crippen LogP contribution >= 0.6 is 16.4 Å². The molecule has 0 spiro atoms. The summed E-state index contributed by atoms with van der Waals surface area (Å²) in [6.45, 7) is 21.0. The van der Waals surface area contributed by atoms with Crippen LogP contribution in [0.2, 0.25) is 10.1 Å². The van der Waals surface area contributed by atoms with E-state index in [0.717, 1.165) is 33.4 Å². The summed E-state index contributed by atoms with van der Waals surface area (Å²) in [5.41, 5.74) is 21.8. The topological polar surface area (TPSA) is 278 Å². The Hall–Kier alpha value is -6.25. The number of azide groups is 2. The molecule has 5 saturated heterocycles. The first-order valence-corrected chi connectivity index (χ1v) is 42.2. The van der Waals surface area contributed by atoms with Gasteiger partial charge in [0.05, 0.1) is 24.9 Å². The Morgan fingerprint density at radius 3 is 1.53 bits per heavy atom. The number of carbonyl (C=O) groups excluding carboxylic acids is 2. The number of ether oxygens (including phenoxy) is 11. The van der Waals surface area contributed by atoms with E-state index >= 15 is 0 Å². The molecular formula is C75H91B4N6O17P2Si2. The average molecular weight is 1510 g/mol. The summed E-state index contributed by atoms with van der Waals surface area (Å²) in [6.07, 6.45) is -16.0. The molecule has 0 saturated carbocycles. The van der Waals surface area contributed by atoms with Crippen LogP contribution in [0.1, 0.15) is 85.2 Å². The Morgan fingerprint density at radius 1 is 0.566 bits per heavy atom. The van der Waals surface area contributed by atoms with E-state index < -0.39 is 169 Å². The third kappa shape index (κ3) is 18.1. The van der Waals surface area contributed by atoms with Crippen molar-refractivity contribution >= 4 is 94.7 Å². The van der Waals surface area contributed by atoms with Gasteiger partial charge in [0, 0.05) is 10.8 Å². The van der Waals surface area contributed by atoms with Gasteiger partial charge in [-0.15, -0.1) is 0 Å². The molecule has 6 aromatic carbocycles. The first-order valence-electron chi connectivity index (χ1n) is 35.8. The summed E-state index contributed by atoms with van der Waals surface area (Å²) >= 11 is 0. The van der Waals surface area contributed by atoms with Gasteiger partial charge < -0.3 is 32.6 Å². The second-order valence-corrected chi connectivity index (χ2v) is 40.3. The van der Waals surface area contributed by atoms with Gasteiger partial charge in [-0.05, 0) is 33.1 Å². The van der Waals surface area contributed by atoms with Crippen molar-refractivity contribution < 1.29 is 79.8 Å². The van der Waals surface area contributed by atoms with Gasteiger partial charge in [0.2, 0.25) is 0 Å². The number of carbonyl (C=O) groups is 2. The molecule has 6 aromatic rings. The molecule has 31 heteroatoms. The molecule has 2 bridgehead atoms. The van der Waals surface area contributed by atoms with E-state index in [1.807, 2.05) is 124 Å². The minimum atomic E-state index is -3.47. The molecule has 106 heavy (non-hydrogen) atoms. The van der Waals surface area contributed by atoms with Crippen LogP contribution in [0.3, 0.4) is 0 Å². The first-order chi connectivity index (χ1) is 51.0. The van der Waals surface area contributed by atoms with Gasteiger partial charge in [-0.1, -0.05) is 138 Å². The standard InChI is InChI=1S/C75H91B4N6O17P2Si2/c1-46-56(44-92-105(74(5,6)7,52-33-21-13-22-34-52)53-35-23-14-24-36-53)94-72(61(83-85-81)68(46)103-79-78-88)101-65-58(42-89-49(4)86)95-70(48(3)63(65)90-41-50-29-17-11-18-30-50)100-66-59(45-93-106(75(8,9)10,54-37-25-15-26-38-54)55-39-27-16-28-40-55)96-71(60(82-84-80)67(66)102-104(76)77)99-62-47(2)64(73-91-43-57(62)97-73)98-69(87)51-31-19-12-20-32-51/h11-40,46-48,56-68,70-73,103H,41-45H2,1-10H3/t46-,47+,48?,56?,57?,58?,59?,60?,61?,62?,63+,64+,65-,66-,67-,68+,70+,71-,72-,73?/m1/s1. The molecule has 0 N–H and O–H groups in total. The van der Waals surface area contributed by atoms with E-state index in [4.69, 9.17) is 80.6 Å². The van der Waals surface area contributed by atoms with Crippen LogP contribution in [-0.2, 0) is 81.6 Å². The first kappa shape index (κ1) is 80.8. The fourth-order valence-electron chi connectivity index (χ4n) is 15.5. The Kier molecular flexibility index (Phi) is 27.8. The number of fused-ring (bicyclic) bond motifs is 2. The zero-order valence-corrected chi connectivity index (χ0v) is 65.2. The molecule has 0 aromatic heterocycles. The van der Waals surface area contributed by atoms with Gasteiger partial charge in [-0.2, -0.15) is 0 Å². The van der Waals surface area contributed by atoms with Crippen LogP contribution in [-0.4, -0.2) is 188 Å². The third-order valence-corrected chi connectivity index (χ3v) is 32.7. The molecule has 5 aliphatic rings. The van der Waals surface area contributed by atoms with Crippen LogP contribution in [0, 0.1) is 17.8 Å². The SMILES string of the molecule is [B]P([B])O[C@@H]1C(N=[N+]=[N-])[C@@H](OC2C3COC(O3)[C@@H](OC(=O)c3ccccc3)[C@H]2C)OC(CO[Si](c2ccccc2)(c2ccccc2)C(C)(C)C)[C@H]1O[C@@H]1OC(COC(C)=O)[C@@H](O[C@H]2OC(CO[Si](c3ccccc3)(c3ccccc3)C(C)(C)C)[C@@H](C)[C@H](P[B]B=O)C2N=[N+]=[N-])[C@@H](OCc2ccccc2)C1C. The molecule has 0 amide bonds. The summed E-state index contributed by atoms with van der Waals surface area (Å²) in [5, 5.41) is 11.8. The number of hydrogen-bond acceptors (Lipinski definition) is 19. The Labute approximate surface area is 629 Å². The molecule has 5 radical (unpaired) electrons. The zero-order chi connectivity index (χ0) is 75.3. The van der Waals surface area contributed by atoms with Crippen molar-refractivity contribution in [2.24, 2.45) is 28.0 Å². The van der Waals surface area contributed by atoms with Gasteiger partial charge in [0.1, 0.15) is 39.5 Å². The van der Waals surface area contributed by atoms with E-state index in [0.29, 0.717) is 5.56 Å². The summed E-state index contributed by atoms with van der Waals surface area (Å²) in [6, 6.07) is 56.1. The molecule has 553 valence electrons. The molecule has 5 fully saturated rings. The summed E-state index contributed by atoms with van der Waals surface area (Å²) in [4.78, 5) is 33.7. The normalized spacial score (nSPS) is 29.8. The van der Waals surface area contributed by atoms with E-state index in [1.54, 1.807) is 30.3 Å². The quantitative estimate of drug-likeness (QED) is 0.0101. The van der Waals surface area contributed by atoms with Crippen molar-refractivity contribution in [3.63, 3.8) is 0 Å². The Balaban J connectivity index is 0.995. The van der Waals surface area contributed by atoms with Gasteiger partial charge in [-0.25, -0.2) is 4.79 Å². The van der Waals surface area contributed by atoms with Crippen molar-refractivity contribution in [2.75, 3.05) is 26.4 Å². The number of rotatable bonds is 30. The molecule has 5 aliphatic heterocycles. The van der Waals surface area contributed by atoms with Crippen LogP contribution in [0.15, 0.2) is 192 Å². The second-order valence-electron chi connectivity index (χ2n) is 29.4. The third-order valence-electron chi connectivity index (χ3n) is 20.7. The molecule has 21 atom stereocenters. The fourth-order valence-corrected chi connectivity index (χ4v) is 26.4. The Morgan fingerprint density at radius 2 is 1.02 bits per heavy atom. The molecule has 10 unspecified atom stereocenters. The van der Waals surface area contributed by atoms with E-state index in [-0.39, 0.29) is 40.8 Å².